The summed E-state index contributed by atoms with van der Waals surface area (Å²) in [5, 5.41) is 7.70. The zero-order valence-electron chi connectivity index (χ0n) is 16.5. The second-order valence-electron chi connectivity index (χ2n) is 6.83. The van der Waals surface area contributed by atoms with Crippen LogP contribution in [0.15, 0.2) is 48.5 Å². The Balaban J connectivity index is 0.00000136. The van der Waals surface area contributed by atoms with Crippen LogP contribution in [-0.4, -0.2) is 48.4 Å². The van der Waals surface area contributed by atoms with Crippen LogP contribution in [0.3, 0.4) is 0 Å². The van der Waals surface area contributed by atoms with Gasteiger partial charge in [-0.15, -0.1) is 0 Å². The summed E-state index contributed by atoms with van der Waals surface area (Å²) in [4.78, 5) is 27.2. The van der Waals surface area contributed by atoms with Gasteiger partial charge in [0.15, 0.2) is 0 Å². The van der Waals surface area contributed by atoms with Crippen LogP contribution in [0.4, 0.5) is 5.69 Å². The molecule has 3 rings (SSSR count). The molecular weight excluding hydrogens is 376 g/mol. The van der Waals surface area contributed by atoms with Crippen LogP contribution in [-0.2, 0) is 9.59 Å². The average Bonchev–Trinajstić information content (AvgIpc) is 2.70. The molecule has 1 fully saturated rings. The predicted octanol–water partition coefficient (Wildman–Crippen LogP) is 3.62. The third-order valence-corrected chi connectivity index (χ3v) is 5.14. The van der Waals surface area contributed by atoms with Crippen molar-refractivity contribution in [2.45, 2.75) is 32.4 Å². The van der Waals surface area contributed by atoms with Crippen molar-refractivity contribution in [3.8, 4) is 0 Å². The molecule has 2 atom stereocenters. The highest BCUT2D eigenvalue weighted by atomic mass is 35.5. The van der Waals surface area contributed by atoms with Crippen LogP contribution in [0.2, 0.25) is 5.02 Å². The number of halogens is 1. The van der Waals surface area contributed by atoms with Crippen molar-refractivity contribution in [3.05, 3.63) is 64.7 Å². The van der Waals surface area contributed by atoms with E-state index in [1.165, 1.54) is 5.56 Å². The Labute approximate surface area is 171 Å². The van der Waals surface area contributed by atoms with E-state index in [1.54, 1.807) is 4.90 Å². The lowest BCUT2D eigenvalue weighted by molar-refractivity contribution is -0.134. The highest BCUT2D eigenvalue weighted by Gasteiger charge is 2.35. The molecule has 1 heterocycles. The van der Waals surface area contributed by atoms with Crippen molar-refractivity contribution in [1.82, 2.24) is 4.90 Å². The average molecular weight is 403 g/mol. The first-order chi connectivity index (χ1) is 13.5. The number of anilines is 1. The fourth-order valence-electron chi connectivity index (χ4n) is 3.59. The Bertz CT molecular complexity index is 777. The first-order valence-electron chi connectivity index (χ1n) is 9.26. The number of aliphatic hydroxyl groups is 1. The number of hydrogen-bond donors (Lipinski definition) is 1. The van der Waals surface area contributed by atoms with Crippen molar-refractivity contribution in [1.29, 1.82) is 0 Å². The van der Waals surface area contributed by atoms with Gasteiger partial charge in [-0.05, 0) is 43.7 Å². The fraction of sp³-hybridized carbons (Fsp3) is 0.364. The number of carbonyl (C=O) groups is 2. The van der Waals surface area contributed by atoms with Gasteiger partial charge in [-0.3, -0.25) is 4.79 Å². The lowest BCUT2D eigenvalue weighted by atomic mass is 9.97. The Morgan fingerprint density at radius 3 is 2.29 bits per heavy atom. The summed E-state index contributed by atoms with van der Waals surface area (Å²) in [5.74, 6) is -0.111. The minimum Gasteiger partial charge on any atom is -0.400 e. The third-order valence-electron chi connectivity index (χ3n) is 4.89. The van der Waals surface area contributed by atoms with Crippen LogP contribution < -0.4 is 4.90 Å². The van der Waals surface area contributed by atoms with Gasteiger partial charge >= 0.3 is 0 Å². The van der Waals surface area contributed by atoms with E-state index in [1.807, 2.05) is 24.3 Å². The van der Waals surface area contributed by atoms with E-state index in [-0.39, 0.29) is 24.4 Å². The summed E-state index contributed by atoms with van der Waals surface area (Å²) in [6.07, 6.45) is 0.619. The summed E-state index contributed by atoms with van der Waals surface area (Å²) in [6.45, 7) is 5.32. The predicted molar refractivity (Wildman–Crippen MR) is 113 cm³/mol. The standard InChI is InChI=1S/C21H23ClN2O2.CH4O/c1-15-3-5-17(6-4-15)20-14-23(21(26)11-12-25)13-16(2)24(20)19-9-7-18(22)8-10-19;1-2/h3-10,12,16,20H,11,13-14H2,1-2H3;2H,1H3. The number of aliphatic hydroxyl groups excluding tert-OH is 1. The van der Waals surface area contributed by atoms with Crippen molar-refractivity contribution >= 4 is 29.5 Å². The van der Waals surface area contributed by atoms with Gasteiger partial charge in [-0.2, -0.15) is 0 Å². The van der Waals surface area contributed by atoms with Crippen molar-refractivity contribution in [2.75, 3.05) is 25.1 Å². The molecule has 5 nitrogen and oxygen atoms in total. The highest BCUT2D eigenvalue weighted by molar-refractivity contribution is 6.30. The first-order valence-corrected chi connectivity index (χ1v) is 9.64. The molecule has 1 amide bonds. The SMILES string of the molecule is CO.Cc1ccc(C2CN(C(=O)CC=O)CC(C)N2c2ccc(Cl)cc2)cc1. The van der Waals surface area contributed by atoms with E-state index in [0.29, 0.717) is 24.4 Å². The van der Waals surface area contributed by atoms with Gasteiger partial charge in [-0.25, -0.2) is 0 Å². The molecule has 0 saturated carbocycles. The van der Waals surface area contributed by atoms with Crippen LogP contribution in [0.25, 0.3) is 0 Å². The monoisotopic (exact) mass is 402 g/mol. The maximum Gasteiger partial charge on any atom is 0.229 e. The van der Waals surface area contributed by atoms with Crippen molar-refractivity contribution in [3.63, 3.8) is 0 Å². The fourth-order valence-corrected chi connectivity index (χ4v) is 3.72. The molecule has 150 valence electrons. The second kappa shape index (κ2) is 10.2. The Hall–Kier alpha value is -2.37. The number of carbonyl (C=O) groups excluding carboxylic acids is 2. The summed E-state index contributed by atoms with van der Waals surface area (Å²) >= 11 is 6.05. The van der Waals surface area contributed by atoms with E-state index < -0.39 is 0 Å². The lowest BCUT2D eigenvalue weighted by Gasteiger charge is -2.47. The number of amides is 1. The maximum atomic E-state index is 12.3. The van der Waals surface area contributed by atoms with E-state index in [4.69, 9.17) is 16.7 Å². The Kier molecular flexibility index (Phi) is 8.03. The number of piperazine rings is 1. The minimum atomic E-state index is -0.111. The molecule has 0 aliphatic carbocycles. The number of aldehydes is 1. The van der Waals surface area contributed by atoms with E-state index in [9.17, 15) is 9.59 Å². The molecule has 1 aliphatic heterocycles. The number of hydrogen-bond acceptors (Lipinski definition) is 4. The summed E-state index contributed by atoms with van der Waals surface area (Å²) in [7, 11) is 1.00. The maximum absolute atomic E-state index is 12.3. The molecule has 0 radical (unpaired) electrons. The van der Waals surface area contributed by atoms with Gasteiger partial charge in [0.25, 0.3) is 0 Å². The van der Waals surface area contributed by atoms with Gasteiger partial charge in [0.05, 0.1) is 12.5 Å². The largest absolute Gasteiger partial charge is 0.400 e. The number of nitrogens with zero attached hydrogens (tertiary/aromatic N) is 2. The molecule has 1 N–H and O–H groups in total. The number of benzene rings is 2. The summed E-state index contributed by atoms with van der Waals surface area (Å²) in [5.41, 5.74) is 3.43. The van der Waals surface area contributed by atoms with Crippen LogP contribution in [0.1, 0.15) is 30.5 Å². The van der Waals surface area contributed by atoms with E-state index >= 15 is 0 Å². The molecule has 6 heteroatoms. The lowest BCUT2D eigenvalue weighted by Crippen LogP contribution is -2.55. The highest BCUT2D eigenvalue weighted by Crippen LogP contribution is 2.34. The molecular formula is C22H27ClN2O3. The molecule has 0 spiro atoms. The van der Waals surface area contributed by atoms with Gasteiger partial charge < -0.3 is 19.7 Å². The normalized spacial score (nSPS) is 18.9. The van der Waals surface area contributed by atoms with Crippen molar-refractivity contribution in [2.24, 2.45) is 0 Å². The van der Waals surface area contributed by atoms with Gasteiger partial charge in [0, 0.05) is 37.0 Å². The Morgan fingerprint density at radius 1 is 1.11 bits per heavy atom. The van der Waals surface area contributed by atoms with Crippen LogP contribution in [0, 0.1) is 6.92 Å². The van der Waals surface area contributed by atoms with Gasteiger partial charge in [0.2, 0.25) is 5.91 Å². The number of aryl methyl sites for hydroxylation is 1. The van der Waals surface area contributed by atoms with Crippen molar-refractivity contribution < 1.29 is 14.7 Å². The smallest absolute Gasteiger partial charge is 0.229 e. The zero-order chi connectivity index (χ0) is 20.7. The zero-order valence-corrected chi connectivity index (χ0v) is 17.3. The first kappa shape index (κ1) is 21.9. The molecule has 0 aromatic heterocycles. The molecule has 0 bridgehead atoms. The van der Waals surface area contributed by atoms with Crippen LogP contribution >= 0.6 is 11.6 Å². The molecule has 1 saturated heterocycles. The second-order valence-corrected chi connectivity index (χ2v) is 7.27. The van der Waals surface area contributed by atoms with Gasteiger partial charge in [0.1, 0.15) is 6.29 Å². The molecule has 2 aromatic rings. The van der Waals surface area contributed by atoms with E-state index in [0.717, 1.165) is 18.4 Å². The third kappa shape index (κ3) is 5.12. The van der Waals surface area contributed by atoms with E-state index in [2.05, 4.69) is 43.0 Å². The van der Waals surface area contributed by atoms with Crippen LogP contribution in [0.5, 0.6) is 0 Å². The number of rotatable bonds is 4. The summed E-state index contributed by atoms with van der Waals surface area (Å²) < 4.78 is 0. The van der Waals surface area contributed by atoms with Gasteiger partial charge in [-0.1, -0.05) is 41.4 Å². The summed E-state index contributed by atoms with van der Waals surface area (Å²) in [6, 6.07) is 16.4. The topological polar surface area (TPSA) is 60.9 Å². The molecule has 1 aliphatic rings. The molecule has 28 heavy (non-hydrogen) atoms. The minimum absolute atomic E-state index is 0.0242. The quantitative estimate of drug-likeness (QED) is 0.626. The molecule has 2 unspecified atom stereocenters. The Morgan fingerprint density at radius 2 is 1.71 bits per heavy atom. The molecule has 2 aromatic carbocycles.